The minimum Gasteiger partial charge on any atom is -0.466 e. The van der Waals surface area contributed by atoms with Crippen molar-refractivity contribution in [1.82, 2.24) is 4.90 Å². The topological polar surface area (TPSA) is 88.8 Å². The van der Waals surface area contributed by atoms with E-state index in [1.807, 2.05) is 25.1 Å². The van der Waals surface area contributed by atoms with Gasteiger partial charge in [-0.2, -0.15) is 0 Å². The van der Waals surface area contributed by atoms with Crippen molar-refractivity contribution in [3.63, 3.8) is 0 Å². The monoisotopic (exact) mass is 388 g/mol. The van der Waals surface area contributed by atoms with E-state index in [-0.39, 0.29) is 11.3 Å². The first-order valence-electron chi connectivity index (χ1n) is 8.43. The van der Waals surface area contributed by atoms with Gasteiger partial charge in [-0.3, -0.25) is 9.59 Å². The summed E-state index contributed by atoms with van der Waals surface area (Å²) in [7, 11) is 0. The van der Waals surface area contributed by atoms with Crippen LogP contribution >= 0.6 is 11.8 Å². The summed E-state index contributed by atoms with van der Waals surface area (Å²) >= 11 is 1.42. The van der Waals surface area contributed by atoms with Crippen LogP contribution in [0, 0.1) is 6.92 Å². The molecule has 2 aromatic rings. The molecular formula is C19H20N2O5S. The second-order valence-electron chi connectivity index (χ2n) is 6.11. The van der Waals surface area contributed by atoms with Crippen LogP contribution in [0.4, 0.5) is 5.69 Å². The largest absolute Gasteiger partial charge is 0.466 e. The number of aryl methyl sites for hydroxylation is 1. The normalized spacial score (nSPS) is 19.0. The van der Waals surface area contributed by atoms with Crippen LogP contribution in [0.1, 0.15) is 23.6 Å². The summed E-state index contributed by atoms with van der Waals surface area (Å²) in [6, 6.07) is 10.1. The molecule has 1 saturated heterocycles. The van der Waals surface area contributed by atoms with Crippen molar-refractivity contribution in [3.05, 3.63) is 54.0 Å². The van der Waals surface area contributed by atoms with Crippen LogP contribution in [0.2, 0.25) is 0 Å². The van der Waals surface area contributed by atoms with Gasteiger partial charge in [0.1, 0.15) is 17.2 Å². The number of thioether (sulfide) groups is 1. The quantitative estimate of drug-likeness (QED) is 0.793. The number of para-hydroxylation sites is 1. The van der Waals surface area contributed by atoms with Gasteiger partial charge in [-0.15, -0.1) is 11.8 Å². The predicted molar refractivity (Wildman–Crippen MR) is 101 cm³/mol. The Labute approximate surface area is 161 Å². The van der Waals surface area contributed by atoms with Crippen molar-refractivity contribution in [2.24, 2.45) is 0 Å². The summed E-state index contributed by atoms with van der Waals surface area (Å²) in [4.78, 5) is 38.0. The van der Waals surface area contributed by atoms with Gasteiger partial charge in [0.05, 0.1) is 6.26 Å². The summed E-state index contributed by atoms with van der Waals surface area (Å²) < 4.78 is 10.5. The minimum absolute atomic E-state index is 0.257. The molecule has 0 spiro atoms. The van der Waals surface area contributed by atoms with Gasteiger partial charge >= 0.3 is 5.97 Å². The van der Waals surface area contributed by atoms with Gasteiger partial charge in [-0.1, -0.05) is 18.2 Å². The summed E-state index contributed by atoms with van der Waals surface area (Å²) in [5.74, 6) is -0.314. The van der Waals surface area contributed by atoms with E-state index in [1.54, 1.807) is 18.2 Å². The van der Waals surface area contributed by atoms with E-state index < -0.39 is 24.5 Å². The lowest BCUT2D eigenvalue weighted by Gasteiger charge is -2.25. The van der Waals surface area contributed by atoms with Crippen molar-refractivity contribution in [1.29, 1.82) is 0 Å². The Kier molecular flexibility index (Phi) is 5.85. The molecule has 3 rings (SSSR count). The van der Waals surface area contributed by atoms with E-state index in [0.29, 0.717) is 17.2 Å². The van der Waals surface area contributed by atoms with Gasteiger partial charge < -0.3 is 19.4 Å². The third-order valence-corrected chi connectivity index (χ3v) is 5.47. The molecule has 1 aromatic carbocycles. The van der Waals surface area contributed by atoms with Gasteiger partial charge in [-0.25, -0.2) is 4.79 Å². The molecule has 1 aliphatic heterocycles. The second kappa shape index (κ2) is 8.30. The maximum atomic E-state index is 12.5. The predicted octanol–water partition coefficient (Wildman–Crippen LogP) is 2.73. The number of hydrogen-bond acceptors (Lipinski definition) is 6. The maximum Gasteiger partial charge on any atom is 0.330 e. The highest BCUT2D eigenvalue weighted by molar-refractivity contribution is 7.99. The number of carbonyl (C=O) groups excluding carboxylic acids is 3. The summed E-state index contributed by atoms with van der Waals surface area (Å²) in [5.41, 5.74) is 1.58. The smallest absolute Gasteiger partial charge is 0.330 e. The number of nitrogens with zero attached hydrogens (tertiary/aromatic N) is 1. The maximum absolute atomic E-state index is 12.5. The van der Waals surface area contributed by atoms with Gasteiger partial charge in [0.15, 0.2) is 6.61 Å². The van der Waals surface area contributed by atoms with E-state index in [4.69, 9.17) is 9.15 Å². The number of amides is 2. The third kappa shape index (κ3) is 4.33. The van der Waals surface area contributed by atoms with Crippen molar-refractivity contribution in [2.75, 3.05) is 17.7 Å². The third-order valence-electron chi connectivity index (χ3n) is 4.19. The Morgan fingerprint density at radius 3 is 2.70 bits per heavy atom. The van der Waals surface area contributed by atoms with Gasteiger partial charge in [0, 0.05) is 18.4 Å². The fraction of sp³-hybridized carbons (Fsp3) is 0.316. The van der Waals surface area contributed by atoms with Gasteiger partial charge in [0.25, 0.3) is 5.91 Å². The fourth-order valence-electron chi connectivity index (χ4n) is 2.86. The molecule has 0 bridgehead atoms. The first kappa shape index (κ1) is 19.0. The lowest BCUT2D eigenvalue weighted by Crippen LogP contribution is -2.43. The van der Waals surface area contributed by atoms with E-state index >= 15 is 0 Å². The molecule has 1 fully saturated rings. The van der Waals surface area contributed by atoms with E-state index in [1.165, 1.54) is 29.8 Å². The first-order valence-corrected chi connectivity index (χ1v) is 9.48. The van der Waals surface area contributed by atoms with Crippen LogP contribution in [-0.4, -0.2) is 41.1 Å². The number of carbonyl (C=O) groups is 3. The van der Waals surface area contributed by atoms with Crippen LogP contribution in [-0.2, 0) is 19.1 Å². The van der Waals surface area contributed by atoms with Gasteiger partial charge in [0.2, 0.25) is 5.91 Å². The molecule has 2 atom stereocenters. The molecule has 0 saturated carbocycles. The van der Waals surface area contributed by atoms with E-state index in [0.717, 1.165) is 5.56 Å². The van der Waals surface area contributed by atoms with E-state index in [2.05, 4.69) is 5.32 Å². The number of hydrogen-bond donors (Lipinski definition) is 1. The molecule has 142 valence electrons. The summed E-state index contributed by atoms with van der Waals surface area (Å²) in [6.45, 7) is 2.86. The number of ether oxygens (including phenoxy) is 1. The molecule has 7 nitrogen and oxygen atoms in total. The summed E-state index contributed by atoms with van der Waals surface area (Å²) in [5, 5.41) is 2.33. The van der Waals surface area contributed by atoms with Crippen molar-refractivity contribution >= 4 is 35.2 Å². The molecule has 27 heavy (non-hydrogen) atoms. The Morgan fingerprint density at radius 2 is 2.04 bits per heavy atom. The zero-order valence-electron chi connectivity index (χ0n) is 15.0. The molecule has 0 aliphatic carbocycles. The van der Waals surface area contributed by atoms with Crippen LogP contribution in [0.5, 0.6) is 0 Å². The highest BCUT2D eigenvalue weighted by atomic mass is 32.2. The Hall–Kier alpha value is -2.74. The molecule has 0 unspecified atom stereocenters. The van der Waals surface area contributed by atoms with E-state index in [9.17, 15) is 14.4 Å². The fourth-order valence-corrected chi connectivity index (χ4v) is 4.27. The molecule has 1 aliphatic rings. The first-order chi connectivity index (χ1) is 13.0. The number of anilines is 1. The lowest BCUT2D eigenvalue weighted by molar-refractivity contribution is -0.155. The molecule has 2 heterocycles. The highest BCUT2D eigenvalue weighted by Gasteiger charge is 2.43. The number of benzene rings is 1. The minimum atomic E-state index is -0.756. The molecule has 2 amide bonds. The summed E-state index contributed by atoms with van der Waals surface area (Å²) in [6.07, 6.45) is 1.52. The van der Waals surface area contributed by atoms with Crippen molar-refractivity contribution in [3.8, 4) is 0 Å². The van der Waals surface area contributed by atoms with Crippen LogP contribution in [0.15, 0.2) is 47.1 Å². The molecule has 8 heteroatoms. The number of rotatable bonds is 5. The average molecular weight is 388 g/mol. The standard InChI is InChI=1S/C19H20N2O5S/c1-12-6-3-4-7-14(12)20-17(23)10-26-19(24)15-11-27-18(21(15)13(2)22)16-8-5-9-25-16/h3-9,15,18H,10-11H2,1-2H3,(H,20,23)/t15-,18-/m1/s1. The van der Waals surface area contributed by atoms with Crippen LogP contribution in [0.25, 0.3) is 0 Å². The molecule has 1 N–H and O–H groups in total. The van der Waals surface area contributed by atoms with Crippen molar-refractivity contribution in [2.45, 2.75) is 25.3 Å². The highest BCUT2D eigenvalue weighted by Crippen LogP contribution is 2.41. The second-order valence-corrected chi connectivity index (χ2v) is 7.23. The lowest BCUT2D eigenvalue weighted by atomic mass is 10.2. The Balaban J connectivity index is 1.59. The molecule has 0 radical (unpaired) electrons. The number of furan rings is 1. The van der Waals surface area contributed by atoms with Crippen LogP contribution in [0.3, 0.4) is 0 Å². The van der Waals surface area contributed by atoms with Gasteiger partial charge in [-0.05, 0) is 30.7 Å². The van der Waals surface area contributed by atoms with Crippen molar-refractivity contribution < 1.29 is 23.5 Å². The average Bonchev–Trinajstić information content (AvgIpc) is 3.30. The molecule has 1 aromatic heterocycles. The Bertz CT molecular complexity index is 836. The van der Waals surface area contributed by atoms with Crippen LogP contribution < -0.4 is 5.32 Å². The SMILES string of the molecule is CC(=O)N1[C@@H](C(=O)OCC(=O)Nc2ccccc2C)CS[C@@H]1c1ccco1. The molecular weight excluding hydrogens is 368 g/mol. The zero-order valence-corrected chi connectivity index (χ0v) is 15.8. The zero-order chi connectivity index (χ0) is 19.4. The Morgan fingerprint density at radius 1 is 1.26 bits per heavy atom. The number of nitrogens with one attached hydrogen (secondary N) is 1. The number of esters is 1.